The number of aromatic nitrogens is 2. The molecule has 0 bridgehead atoms. The first-order valence-electron chi connectivity index (χ1n) is 5.81. The number of hydrogen-bond donors (Lipinski definition) is 2. The maximum atomic E-state index is 10.1. The largest absolute Gasteiger partial charge is 0.481 e. The minimum Gasteiger partial charge on any atom is -0.481 e. The molecule has 6 nitrogen and oxygen atoms in total. The maximum absolute atomic E-state index is 10.1. The summed E-state index contributed by atoms with van der Waals surface area (Å²) in [7, 11) is 0. The first kappa shape index (κ1) is 18.8. The van der Waals surface area contributed by atoms with Crippen molar-refractivity contribution in [1.82, 2.24) is 9.97 Å². The molecule has 0 aliphatic carbocycles. The molecular formula is C14H14CuN2O4. The summed E-state index contributed by atoms with van der Waals surface area (Å²) in [4.78, 5) is 27.9. The molecule has 0 saturated heterocycles. The Balaban J connectivity index is 0.000000364. The molecule has 2 heterocycles. The predicted octanol–water partition coefficient (Wildman–Crippen LogP) is 1.41. The van der Waals surface area contributed by atoms with Gasteiger partial charge in [-0.2, -0.15) is 0 Å². The first-order chi connectivity index (χ1) is 9.58. The Hall–Kier alpha value is -2.24. The smallest absolute Gasteiger partial charge is 0.309 e. The normalized spacial score (nSPS) is 8.76. The van der Waals surface area contributed by atoms with E-state index in [1.54, 1.807) is 48.8 Å². The van der Waals surface area contributed by atoms with Crippen molar-refractivity contribution in [2.45, 2.75) is 12.8 Å². The third-order valence-corrected chi connectivity index (χ3v) is 2.12. The fraction of sp³-hybridized carbons (Fsp3) is 0.143. The molecule has 0 saturated carbocycles. The van der Waals surface area contributed by atoms with E-state index in [1.807, 2.05) is 0 Å². The zero-order valence-corrected chi connectivity index (χ0v) is 11.9. The van der Waals surface area contributed by atoms with Crippen LogP contribution in [0.2, 0.25) is 0 Å². The summed E-state index contributed by atoms with van der Waals surface area (Å²) in [5.41, 5.74) is 1.19. The van der Waals surface area contributed by atoms with Gasteiger partial charge in [0.1, 0.15) is 0 Å². The number of rotatable bonds is 4. The Labute approximate surface area is 132 Å². The number of aliphatic carboxylic acids is 2. The standard InChI is InChI=1S/2C7H7NO2.Cu/c2*9-7(10)5-6-3-1-2-4-8-6;/h2*1-4H,5H2,(H,9,10);. The van der Waals surface area contributed by atoms with Gasteiger partial charge in [-0.3, -0.25) is 19.6 Å². The average Bonchev–Trinajstić information content (AvgIpc) is 2.40. The third-order valence-electron chi connectivity index (χ3n) is 2.12. The van der Waals surface area contributed by atoms with Crippen LogP contribution in [-0.4, -0.2) is 32.1 Å². The zero-order chi connectivity index (χ0) is 14.8. The fourth-order valence-corrected chi connectivity index (χ4v) is 1.32. The molecule has 0 aliphatic heterocycles. The van der Waals surface area contributed by atoms with Crippen LogP contribution < -0.4 is 0 Å². The molecule has 1 radical (unpaired) electrons. The van der Waals surface area contributed by atoms with E-state index in [4.69, 9.17) is 10.2 Å². The van der Waals surface area contributed by atoms with E-state index in [0.29, 0.717) is 11.4 Å². The number of pyridine rings is 2. The summed E-state index contributed by atoms with van der Waals surface area (Å²) >= 11 is 0. The van der Waals surface area contributed by atoms with Gasteiger partial charge in [0.15, 0.2) is 0 Å². The molecule has 2 N–H and O–H groups in total. The van der Waals surface area contributed by atoms with E-state index in [1.165, 1.54) is 0 Å². The summed E-state index contributed by atoms with van der Waals surface area (Å²) in [6.07, 6.45) is 3.16. The van der Waals surface area contributed by atoms with Gasteiger partial charge in [0.2, 0.25) is 0 Å². The fourth-order valence-electron chi connectivity index (χ4n) is 1.32. The van der Waals surface area contributed by atoms with Gasteiger partial charge in [0.25, 0.3) is 0 Å². The van der Waals surface area contributed by atoms with Gasteiger partial charge in [-0.1, -0.05) is 12.1 Å². The van der Waals surface area contributed by atoms with Crippen LogP contribution in [0.15, 0.2) is 48.8 Å². The Morgan fingerprint density at radius 1 is 0.810 bits per heavy atom. The summed E-state index contributed by atoms with van der Waals surface area (Å²) in [6.45, 7) is 0. The molecule has 0 aromatic carbocycles. The van der Waals surface area contributed by atoms with E-state index in [9.17, 15) is 9.59 Å². The van der Waals surface area contributed by atoms with Crippen molar-refractivity contribution in [3.63, 3.8) is 0 Å². The van der Waals surface area contributed by atoms with Gasteiger partial charge in [0, 0.05) is 29.5 Å². The summed E-state index contributed by atoms with van der Waals surface area (Å²) in [5.74, 6) is -1.70. The van der Waals surface area contributed by atoms with E-state index < -0.39 is 11.9 Å². The van der Waals surface area contributed by atoms with Gasteiger partial charge >= 0.3 is 11.9 Å². The molecule has 0 spiro atoms. The Kier molecular flexibility index (Phi) is 9.41. The van der Waals surface area contributed by atoms with Crippen LogP contribution in [-0.2, 0) is 39.5 Å². The number of carboxylic acid groups (broad SMARTS) is 2. The molecule has 21 heavy (non-hydrogen) atoms. The van der Waals surface area contributed by atoms with Crippen LogP contribution in [0.4, 0.5) is 0 Å². The Bertz CT molecular complexity index is 498. The molecule has 7 heteroatoms. The topological polar surface area (TPSA) is 100 Å². The van der Waals surface area contributed by atoms with E-state index in [-0.39, 0.29) is 29.9 Å². The molecule has 0 fully saturated rings. The minimum atomic E-state index is -0.848. The zero-order valence-electron chi connectivity index (χ0n) is 10.9. The van der Waals surface area contributed by atoms with Crippen LogP contribution in [0.3, 0.4) is 0 Å². The molecule has 2 aromatic rings. The van der Waals surface area contributed by atoms with Crippen molar-refractivity contribution >= 4 is 11.9 Å². The van der Waals surface area contributed by atoms with Gasteiger partial charge in [-0.25, -0.2) is 0 Å². The first-order valence-corrected chi connectivity index (χ1v) is 5.81. The molecule has 0 atom stereocenters. The second kappa shape index (κ2) is 10.5. The van der Waals surface area contributed by atoms with Crippen molar-refractivity contribution in [1.29, 1.82) is 0 Å². The third kappa shape index (κ3) is 9.32. The predicted molar refractivity (Wildman–Crippen MR) is 71.2 cm³/mol. The Morgan fingerprint density at radius 2 is 1.19 bits per heavy atom. The van der Waals surface area contributed by atoms with Crippen molar-refractivity contribution < 1.29 is 36.9 Å². The molecule has 2 rings (SSSR count). The molecule has 0 aliphatic rings. The maximum Gasteiger partial charge on any atom is 0.309 e. The number of carboxylic acids is 2. The van der Waals surface area contributed by atoms with E-state index >= 15 is 0 Å². The SMILES string of the molecule is O=C(O)Cc1ccccn1.O=C(O)Cc1ccccn1.[Cu]. The number of carbonyl (C=O) groups is 2. The molecule has 115 valence electrons. The number of nitrogens with zero attached hydrogens (tertiary/aromatic N) is 2. The van der Waals surface area contributed by atoms with E-state index in [0.717, 1.165) is 0 Å². The van der Waals surface area contributed by atoms with Gasteiger partial charge < -0.3 is 10.2 Å². The van der Waals surface area contributed by atoms with Gasteiger partial charge in [-0.15, -0.1) is 0 Å². The molecule has 0 amide bonds. The molecular weight excluding hydrogens is 324 g/mol. The van der Waals surface area contributed by atoms with Crippen LogP contribution in [0.25, 0.3) is 0 Å². The van der Waals surface area contributed by atoms with Gasteiger partial charge in [-0.05, 0) is 24.3 Å². The van der Waals surface area contributed by atoms with Crippen LogP contribution in [0, 0.1) is 0 Å². The summed E-state index contributed by atoms with van der Waals surface area (Å²) < 4.78 is 0. The van der Waals surface area contributed by atoms with Crippen LogP contribution in [0.1, 0.15) is 11.4 Å². The van der Waals surface area contributed by atoms with Crippen molar-refractivity contribution in [3.05, 3.63) is 60.2 Å². The summed E-state index contributed by atoms with van der Waals surface area (Å²) in [5, 5.41) is 16.7. The average molecular weight is 338 g/mol. The molecule has 0 unspecified atom stereocenters. The minimum absolute atomic E-state index is 0. The molecule has 2 aromatic heterocycles. The van der Waals surface area contributed by atoms with Crippen LogP contribution in [0.5, 0.6) is 0 Å². The van der Waals surface area contributed by atoms with E-state index in [2.05, 4.69) is 9.97 Å². The van der Waals surface area contributed by atoms with Crippen molar-refractivity contribution in [3.8, 4) is 0 Å². The second-order valence-corrected chi connectivity index (χ2v) is 3.78. The van der Waals surface area contributed by atoms with Crippen LogP contribution >= 0.6 is 0 Å². The Morgan fingerprint density at radius 3 is 1.43 bits per heavy atom. The summed E-state index contributed by atoms with van der Waals surface area (Å²) in [6, 6.07) is 10.4. The monoisotopic (exact) mass is 337 g/mol. The quantitative estimate of drug-likeness (QED) is 0.818. The second-order valence-electron chi connectivity index (χ2n) is 3.78. The van der Waals surface area contributed by atoms with Crippen molar-refractivity contribution in [2.24, 2.45) is 0 Å². The van der Waals surface area contributed by atoms with Gasteiger partial charge in [0.05, 0.1) is 24.2 Å². The van der Waals surface area contributed by atoms with Crippen molar-refractivity contribution in [2.75, 3.05) is 0 Å². The number of hydrogen-bond acceptors (Lipinski definition) is 4.